The molecule has 1 N–H and O–H groups in total. The number of anilines is 1. The molecule has 0 radical (unpaired) electrons. The van der Waals surface area contributed by atoms with Crippen LogP contribution in [-0.2, 0) is 25.9 Å². The van der Waals surface area contributed by atoms with Gasteiger partial charge in [-0.15, -0.1) is 0 Å². The van der Waals surface area contributed by atoms with Crippen LogP contribution in [0, 0.1) is 0 Å². The van der Waals surface area contributed by atoms with Gasteiger partial charge in [0.1, 0.15) is 0 Å². The Balaban J connectivity index is 2.04. The molecule has 3 aromatic rings. The van der Waals surface area contributed by atoms with Crippen LogP contribution in [0.3, 0.4) is 0 Å². The van der Waals surface area contributed by atoms with E-state index < -0.39 is 23.5 Å². The second-order valence-electron chi connectivity index (χ2n) is 8.70. The fourth-order valence-electron chi connectivity index (χ4n) is 3.90. The minimum Gasteiger partial charge on any atom is -0.333 e. The van der Waals surface area contributed by atoms with E-state index in [1.165, 1.54) is 0 Å². The molecule has 2 heterocycles. The molecule has 0 amide bonds. The Morgan fingerprint density at radius 1 is 0.944 bits per heavy atom. The Kier molecular flexibility index (Phi) is 8.27. The van der Waals surface area contributed by atoms with E-state index in [1.807, 2.05) is 13.8 Å². The summed E-state index contributed by atoms with van der Waals surface area (Å²) in [5.74, 6) is 0.212. The summed E-state index contributed by atoms with van der Waals surface area (Å²) < 4.78 is 82.2. The summed E-state index contributed by atoms with van der Waals surface area (Å²) in [5, 5.41) is 7.22. The van der Waals surface area contributed by atoms with Crippen molar-refractivity contribution in [2.45, 2.75) is 57.7 Å². The topological polar surface area (TPSA) is 58.9 Å². The fraction of sp³-hybridized carbons (Fsp3) is 0.458. The van der Waals surface area contributed by atoms with E-state index in [0.717, 1.165) is 17.7 Å². The third-order valence-corrected chi connectivity index (χ3v) is 5.96. The highest BCUT2D eigenvalue weighted by Crippen LogP contribution is 2.37. The van der Waals surface area contributed by atoms with Crippen LogP contribution in [0.4, 0.5) is 32.3 Å². The maximum Gasteiger partial charge on any atom is 0.416 e. The number of nitrogens with one attached hydrogen (secondary N) is 1. The number of aryl methyl sites for hydroxylation is 1. The van der Waals surface area contributed by atoms with Gasteiger partial charge in [-0.25, -0.2) is 9.97 Å². The van der Waals surface area contributed by atoms with Crippen LogP contribution in [0.5, 0.6) is 0 Å². The van der Waals surface area contributed by atoms with Gasteiger partial charge >= 0.3 is 12.4 Å². The van der Waals surface area contributed by atoms with E-state index in [2.05, 4.69) is 20.4 Å². The van der Waals surface area contributed by atoms with Gasteiger partial charge in [0.05, 0.1) is 17.3 Å². The van der Waals surface area contributed by atoms with Crippen molar-refractivity contribution in [1.82, 2.24) is 25.1 Å². The second-order valence-corrected chi connectivity index (χ2v) is 8.70. The van der Waals surface area contributed by atoms with Gasteiger partial charge in [-0.3, -0.25) is 4.68 Å². The molecule has 0 aliphatic heterocycles. The van der Waals surface area contributed by atoms with Crippen molar-refractivity contribution in [2.24, 2.45) is 7.05 Å². The molecular formula is C24H28F6N6. The Labute approximate surface area is 205 Å². The Hall–Kier alpha value is -3.15. The van der Waals surface area contributed by atoms with E-state index >= 15 is 0 Å². The zero-order valence-electron chi connectivity index (χ0n) is 20.3. The number of alkyl halides is 6. The Bertz CT molecular complexity index is 1110. The number of rotatable bonds is 9. The molecule has 0 saturated carbocycles. The number of nitrogens with zero attached hydrogens (tertiary/aromatic N) is 5. The van der Waals surface area contributed by atoms with E-state index in [-0.39, 0.29) is 36.2 Å². The molecule has 2 aromatic heterocycles. The van der Waals surface area contributed by atoms with E-state index in [1.54, 1.807) is 48.5 Å². The molecule has 1 aromatic carbocycles. The molecular weight excluding hydrogens is 486 g/mol. The minimum absolute atomic E-state index is 0.0411. The average molecular weight is 515 g/mol. The molecule has 0 fully saturated rings. The normalized spacial score (nSPS) is 14.1. The largest absolute Gasteiger partial charge is 0.416 e. The molecule has 0 aliphatic rings. The molecule has 0 bridgehead atoms. The van der Waals surface area contributed by atoms with Gasteiger partial charge in [0.15, 0.2) is 0 Å². The number of benzene rings is 1. The third-order valence-electron chi connectivity index (χ3n) is 5.96. The SMILES string of the molecule is CC[C@@H](C[C@H](C)NC)N(Cc1cc(C(F)(F)F)cc(C(F)(F)F)c1)c1ncc(-c2cnn(C)c2)cn1. The summed E-state index contributed by atoms with van der Waals surface area (Å²) in [6.07, 6.45) is -2.15. The Morgan fingerprint density at radius 2 is 1.53 bits per heavy atom. The predicted octanol–water partition coefficient (Wildman–Crippen LogP) is 5.70. The first-order valence-corrected chi connectivity index (χ1v) is 11.3. The number of halogens is 6. The standard InChI is InChI=1S/C24H28F6N6/c1-5-21(6-15(2)31-3)36(22-32-10-17(11-33-22)18-12-34-35(4)14-18)13-16-7-19(23(25,26)27)9-20(8-16)24(28,29)30/h7-12,14-15,21,31H,5-6,13H2,1-4H3/t15-,21-/m0/s1. The van der Waals surface area contributed by atoms with Crippen LogP contribution in [0.1, 0.15) is 43.4 Å². The first kappa shape index (κ1) is 27.4. The van der Waals surface area contributed by atoms with Gasteiger partial charge in [0.25, 0.3) is 0 Å². The third kappa shape index (κ3) is 6.74. The summed E-state index contributed by atoms with van der Waals surface area (Å²) in [6.45, 7) is 3.62. The van der Waals surface area contributed by atoms with Gasteiger partial charge in [0.2, 0.25) is 5.95 Å². The monoisotopic (exact) mass is 514 g/mol. The van der Waals surface area contributed by atoms with E-state index in [9.17, 15) is 26.3 Å². The van der Waals surface area contributed by atoms with Gasteiger partial charge in [-0.05, 0) is 50.6 Å². The number of hydrogen-bond donors (Lipinski definition) is 1. The van der Waals surface area contributed by atoms with Crippen LogP contribution in [0.15, 0.2) is 43.0 Å². The lowest BCUT2D eigenvalue weighted by Gasteiger charge is -2.33. The van der Waals surface area contributed by atoms with Crippen LogP contribution >= 0.6 is 0 Å². The van der Waals surface area contributed by atoms with Crippen molar-refractivity contribution >= 4 is 5.95 Å². The van der Waals surface area contributed by atoms with E-state index in [0.29, 0.717) is 18.4 Å². The van der Waals surface area contributed by atoms with Crippen molar-refractivity contribution in [3.63, 3.8) is 0 Å². The van der Waals surface area contributed by atoms with Gasteiger partial charge in [-0.2, -0.15) is 31.4 Å². The molecule has 0 spiro atoms. The van der Waals surface area contributed by atoms with Crippen LogP contribution in [-0.4, -0.2) is 38.9 Å². The number of aromatic nitrogens is 4. The minimum atomic E-state index is -4.92. The van der Waals surface area contributed by atoms with Crippen LogP contribution in [0.2, 0.25) is 0 Å². The second kappa shape index (κ2) is 10.9. The van der Waals surface area contributed by atoms with Crippen molar-refractivity contribution in [3.8, 4) is 11.1 Å². The van der Waals surface area contributed by atoms with Crippen molar-refractivity contribution < 1.29 is 26.3 Å². The summed E-state index contributed by atoms with van der Waals surface area (Å²) in [6, 6.07) is 1.42. The highest BCUT2D eigenvalue weighted by molar-refractivity contribution is 5.60. The molecule has 6 nitrogen and oxygen atoms in total. The highest BCUT2D eigenvalue weighted by Gasteiger charge is 2.37. The zero-order valence-corrected chi connectivity index (χ0v) is 20.3. The summed E-state index contributed by atoms with van der Waals surface area (Å²) in [5.41, 5.74) is -1.37. The maximum atomic E-state index is 13.4. The lowest BCUT2D eigenvalue weighted by molar-refractivity contribution is -0.143. The molecule has 0 unspecified atom stereocenters. The molecule has 0 saturated heterocycles. The summed E-state index contributed by atoms with van der Waals surface area (Å²) in [7, 11) is 3.54. The zero-order chi connectivity index (χ0) is 26.7. The number of hydrogen-bond acceptors (Lipinski definition) is 5. The summed E-state index contributed by atoms with van der Waals surface area (Å²) in [4.78, 5) is 10.5. The molecule has 196 valence electrons. The lowest BCUT2D eigenvalue weighted by atomic mass is 10.0. The van der Waals surface area contributed by atoms with Gasteiger partial charge < -0.3 is 10.2 Å². The predicted molar refractivity (Wildman–Crippen MR) is 124 cm³/mol. The maximum absolute atomic E-state index is 13.4. The molecule has 36 heavy (non-hydrogen) atoms. The first-order chi connectivity index (χ1) is 16.8. The van der Waals surface area contributed by atoms with Crippen LogP contribution in [0.25, 0.3) is 11.1 Å². The quantitative estimate of drug-likeness (QED) is 0.372. The highest BCUT2D eigenvalue weighted by atomic mass is 19.4. The lowest BCUT2D eigenvalue weighted by Crippen LogP contribution is -2.40. The molecule has 2 atom stereocenters. The molecule has 3 rings (SSSR count). The first-order valence-electron chi connectivity index (χ1n) is 11.3. The van der Waals surface area contributed by atoms with Crippen molar-refractivity contribution in [1.29, 1.82) is 0 Å². The van der Waals surface area contributed by atoms with Crippen molar-refractivity contribution in [2.75, 3.05) is 11.9 Å². The van der Waals surface area contributed by atoms with Crippen molar-refractivity contribution in [3.05, 3.63) is 59.7 Å². The van der Waals surface area contributed by atoms with Gasteiger partial charge in [0, 0.05) is 55.4 Å². The smallest absolute Gasteiger partial charge is 0.333 e. The Morgan fingerprint density at radius 3 is 1.97 bits per heavy atom. The van der Waals surface area contributed by atoms with E-state index in [4.69, 9.17) is 0 Å². The van der Waals surface area contributed by atoms with Gasteiger partial charge in [-0.1, -0.05) is 6.92 Å². The summed E-state index contributed by atoms with van der Waals surface area (Å²) >= 11 is 0. The molecule has 0 aliphatic carbocycles. The average Bonchev–Trinajstić information content (AvgIpc) is 3.26. The fourth-order valence-corrected chi connectivity index (χ4v) is 3.90. The molecule has 12 heteroatoms. The van der Waals surface area contributed by atoms with Crippen LogP contribution < -0.4 is 10.2 Å².